The molecule has 3 rings (SSSR count). The fourth-order valence-electron chi connectivity index (χ4n) is 2.80. The van der Waals surface area contributed by atoms with Crippen LogP contribution in [-0.2, 0) is 0 Å². The number of alkyl halides is 1. The fourth-order valence-corrected chi connectivity index (χ4v) is 3.34. The molecule has 0 aliphatic carbocycles. The largest absolute Gasteiger partial charge is 0.482 e. The minimum Gasteiger partial charge on any atom is -0.482 e. The Balaban J connectivity index is 1.75. The maximum atomic E-state index is 12.8. The summed E-state index contributed by atoms with van der Waals surface area (Å²) in [6, 6.07) is 20.2. The lowest BCUT2D eigenvalue weighted by molar-refractivity contribution is 0.0787. The Hall–Kier alpha value is -2.53. The van der Waals surface area contributed by atoms with Crippen molar-refractivity contribution in [3.8, 4) is 5.75 Å². The van der Waals surface area contributed by atoms with Gasteiger partial charge >= 0.3 is 0 Å². The summed E-state index contributed by atoms with van der Waals surface area (Å²) in [7, 11) is 0. The summed E-state index contributed by atoms with van der Waals surface area (Å²) < 4.78 is 5.91. The molecule has 0 heterocycles. The van der Waals surface area contributed by atoms with Gasteiger partial charge in [-0.1, -0.05) is 41.4 Å². The van der Waals surface area contributed by atoms with E-state index in [9.17, 15) is 9.59 Å². The van der Waals surface area contributed by atoms with Gasteiger partial charge in [0.25, 0.3) is 5.91 Å². The Morgan fingerprint density at radius 2 is 1.67 bits per heavy atom. The number of hydrogen-bond donors (Lipinski definition) is 1. The summed E-state index contributed by atoms with van der Waals surface area (Å²) in [5, 5.41) is 3.69. The van der Waals surface area contributed by atoms with Crippen LogP contribution < -0.4 is 10.1 Å². The lowest BCUT2D eigenvalue weighted by atomic mass is 10.0. The van der Waals surface area contributed by atoms with Crippen LogP contribution in [0, 0.1) is 0 Å². The zero-order valence-corrected chi connectivity index (χ0v) is 18.0. The van der Waals surface area contributed by atoms with Crippen molar-refractivity contribution in [2.75, 3.05) is 11.2 Å². The highest BCUT2D eigenvalue weighted by Gasteiger charge is 2.22. The highest BCUT2D eigenvalue weighted by Crippen LogP contribution is 2.23. The first kappa shape index (κ1) is 22.2. The first-order valence-electron chi connectivity index (χ1n) is 9.16. The first-order valence-corrected chi connectivity index (χ1v) is 10.5. The summed E-state index contributed by atoms with van der Waals surface area (Å²) in [5.41, 5.74) is 1.36. The van der Waals surface area contributed by atoms with Crippen molar-refractivity contribution in [3.63, 3.8) is 0 Å². The number of Topliss-reactive ketones (excluding diaryl/α,β-unsaturated/α-hetero) is 1. The summed E-state index contributed by atoms with van der Waals surface area (Å²) in [4.78, 5) is 25.3. The van der Waals surface area contributed by atoms with Crippen LogP contribution in [0.4, 0.5) is 5.69 Å². The standard InChI is InChI=1S/C23H18Cl3NO3/c24-13-12-21(22(28)15-8-10-16(25)11-9-15)30-18-5-3-4-17(14-18)27-23(29)19-6-1-2-7-20(19)26/h1-11,14,21H,12-13H2,(H,27,29). The number of ketones is 1. The molecular formula is C23H18Cl3NO3. The molecule has 0 saturated heterocycles. The SMILES string of the molecule is O=C(Nc1cccc(OC(CCCl)C(=O)c2ccc(Cl)cc2)c1)c1ccccc1Cl. The molecule has 0 spiro atoms. The minimum atomic E-state index is -0.766. The van der Waals surface area contributed by atoms with Crippen LogP contribution in [0.3, 0.4) is 0 Å². The molecule has 0 saturated carbocycles. The second-order valence-electron chi connectivity index (χ2n) is 6.42. The van der Waals surface area contributed by atoms with Crippen LogP contribution in [0.2, 0.25) is 10.0 Å². The molecule has 0 radical (unpaired) electrons. The van der Waals surface area contributed by atoms with E-state index in [0.717, 1.165) is 0 Å². The normalized spacial score (nSPS) is 11.6. The molecule has 0 aliphatic heterocycles. The molecule has 3 aromatic carbocycles. The monoisotopic (exact) mass is 461 g/mol. The molecule has 4 nitrogen and oxygen atoms in total. The zero-order valence-electron chi connectivity index (χ0n) is 15.8. The van der Waals surface area contributed by atoms with Crippen LogP contribution >= 0.6 is 34.8 Å². The van der Waals surface area contributed by atoms with Gasteiger partial charge < -0.3 is 10.1 Å². The third-order valence-corrected chi connectivity index (χ3v) is 5.08. The van der Waals surface area contributed by atoms with Gasteiger partial charge in [0.2, 0.25) is 5.78 Å². The quantitative estimate of drug-likeness (QED) is 0.307. The minimum absolute atomic E-state index is 0.196. The van der Waals surface area contributed by atoms with Gasteiger partial charge in [-0.3, -0.25) is 9.59 Å². The molecule has 3 aromatic rings. The van der Waals surface area contributed by atoms with Crippen molar-refractivity contribution >= 4 is 52.2 Å². The maximum Gasteiger partial charge on any atom is 0.257 e. The number of halogens is 3. The lowest BCUT2D eigenvalue weighted by Gasteiger charge is -2.18. The highest BCUT2D eigenvalue weighted by atomic mass is 35.5. The van der Waals surface area contributed by atoms with Gasteiger partial charge in [-0.05, 0) is 48.5 Å². The Kier molecular flexibility index (Phi) is 7.75. The van der Waals surface area contributed by atoms with Crippen LogP contribution in [-0.4, -0.2) is 23.7 Å². The maximum absolute atomic E-state index is 12.8. The molecule has 7 heteroatoms. The molecule has 1 amide bonds. The second-order valence-corrected chi connectivity index (χ2v) is 7.64. The Labute approximate surface area is 189 Å². The number of hydrogen-bond acceptors (Lipinski definition) is 3. The summed E-state index contributed by atoms with van der Waals surface area (Å²) in [5.74, 6) is 0.155. The van der Waals surface area contributed by atoms with Crippen molar-refractivity contribution in [2.45, 2.75) is 12.5 Å². The van der Waals surface area contributed by atoms with E-state index < -0.39 is 6.10 Å². The van der Waals surface area contributed by atoms with Crippen LogP contribution in [0.15, 0.2) is 72.8 Å². The molecule has 0 bridgehead atoms. The van der Waals surface area contributed by atoms with E-state index in [2.05, 4.69) is 5.32 Å². The zero-order chi connectivity index (χ0) is 21.5. The number of nitrogens with one attached hydrogen (secondary N) is 1. The number of carbonyl (C=O) groups excluding carboxylic acids is 2. The number of benzene rings is 3. The third-order valence-electron chi connectivity index (χ3n) is 4.28. The molecule has 1 atom stereocenters. The van der Waals surface area contributed by atoms with Crippen molar-refractivity contribution in [1.29, 1.82) is 0 Å². The third kappa shape index (κ3) is 5.76. The van der Waals surface area contributed by atoms with Crippen molar-refractivity contribution < 1.29 is 14.3 Å². The Morgan fingerprint density at radius 3 is 2.37 bits per heavy atom. The van der Waals surface area contributed by atoms with Crippen molar-refractivity contribution in [2.24, 2.45) is 0 Å². The van der Waals surface area contributed by atoms with Gasteiger partial charge in [-0.25, -0.2) is 0 Å². The van der Waals surface area contributed by atoms with Gasteiger partial charge in [0.15, 0.2) is 6.10 Å². The number of rotatable bonds is 8. The van der Waals surface area contributed by atoms with Crippen LogP contribution in [0.5, 0.6) is 5.75 Å². The van der Waals surface area contributed by atoms with Crippen molar-refractivity contribution in [1.82, 2.24) is 0 Å². The Bertz CT molecular complexity index is 1040. The van der Waals surface area contributed by atoms with E-state index in [1.807, 2.05) is 0 Å². The van der Waals surface area contributed by atoms with E-state index in [-0.39, 0.29) is 17.6 Å². The molecule has 30 heavy (non-hydrogen) atoms. The molecule has 1 unspecified atom stereocenters. The topological polar surface area (TPSA) is 55.4 Å². The molecule has 0 aliphatic rings. The molecule has 154 valence electrons. The number of carbonyl (C=O) groups is 2. The lowest BCUT2D eigenvalue weighted by Crippen LogP contribution is -2.28. The van der Waals surface area contributed by atoms with Gasteiger partial charge in [0.1, 0.15) is 5.75 Å². The molecule has 1 N–H and O–H groups in total. The smallest absolute Gasteiger partial charge is 0.257 e. The number of amides is 1. The van der Waals surface area contributed by atoms with Gasteiger partial charge in [0, 0.05) is 34.6 Å². The van der Waals surface area contributed by atoms with Gasteiger partial charge in [0.05, 0.1) is 10.6 Å². The van der Waals surface area contributed by atoms with E-state index in [1.54, 1.807) is 72.8 Å². The number of anilines is 1. The second kappa shape index (κ2) is 10.5. The average molecular weight is 463 g/mol. The van der Waals surface area contributed by atoms with E-state index in [0.29, 0.717) is 39.0 Å². The predicted molar refractivity (Wildman–Crippen MR) is 121 cm³/mol. The highest BCUT2D eigenvalue weighted by molar-refractivity contribution is 6.34. The van der Waals surface area contributed by atoms with E-state index >= 15 is 0 Å². The first-order chi connectivity index (χ1) is 14.5. The number of ether oxygens (including phenoxy) is 1. The molecule has 0 fully saturated rings. The summed E-state index contributed by atoms with van der Waals surface area (Å²) >= 11 is 17.9. The fraction of sp³-hybridized carbons (Fsp3) is 0.130. The molecule has 0 aromatic heterocycles. The van der Waals surface area contributed by atoms with E-state index in [4.69, 9.17) is 39.5 Å². The van der Waals surface area contributed by atoms with Crippen molar-refractivity contribution in [3.05, 3.63) is 94.0 Å². The predicted octanol–water partition coefficient (Wildman–Crippen LogP) is 6.50. The summed E-state index contributed by atoms with van der Waals surface area (Å²) in [6.07, 6.45) is -0.433. The van der Waals surface area contributed by atoms with Crippen LogP contribution in [0.1, 0.15) is 27.1 Å². The van der Waals surface area contributed by atoms with E-state index in [1.165, 1.54) is 0 Å². The average Bonchev–Trinajstić information content (AvgIpc) is 2.74. The van der Waals surface area contributed by atoms with Crippen LogP contribution in [0.25, 0.3) is 0 Å². The Morgan fingerprint density at radius 1 is 0.933 bits per heavy atom. The molecular weight excluding hydrogens is 445 g/mol. The summed E-state index contributed by atoms with van der Waals surface area (Å²) in [6.45, 7) is 0. The van der Waals surface area contributed by atoms with Gasteiger partial charge in [-0.2, -0.15) is 0 Å². The van der Waals surface area contributed by atoms with Gasteiger partial charge in [-0.15, -0.1) is 11.6 Å².